The zero-order valence-electron chi connectivity index (χ0n) is 13.5. The summed E-state index contributed by atoms with van der Waals surface area (Å²) in [4.78, 5) is 34.3. The standard InChI is InChI=1S/C15H16F3N3O5/c1-26-11(22)7-6-10(13(24)25)19-12(23)8-2-4-9(5-3-8)14(20-21-14)15(16,17)18/h2-5,10,20-21H,6-7H2,1H3,(H,19,23)(H,24,25)/t10-/m0/s1. The van der Waals surface area contributed by atoms with Crippen LogP contribution >= 0.6 is 0 Å². The molecule has 26 heavy (non-hydrogen) atoms. The molecule has 1 amide bonds. The van der Waals surface area contributed by atoms with E-state index in [1.54, 1.807) is 0 Å². The Hall–Kier alpha value is -2.66. The molecule has 0 spiro atoms. The average Bonchev–Trinajstić information content (AvgIpc) is 3.39. The maximum absolute atomic E-state index is 13.0. The van der Waals surface area contributed by atoms with Gasteiger partial charge in [0.05, 0.1) is 7.11 Å². The largest absolute Gasteiger partial charge is 0.480 e. The number of hydrazine groups is 1. The molecule has 2 rings (SSSR count). The summed E-state index contributed by atoms with van der Waals surface area (Å²) in [5, 5.41) is 11.3. The first-order valence-corrected chi connectivity index (χ1v) is 7.43. The number of nitrogens with one attached hydrogen (secondary N) is 3. The lowest BCUT2D eigenvalue weighted by atomic mass is 10.0. The molecule has 4 N–H and O–H groups in total. The van der Waals surface area contributed by atoms with E-state index in [1.165, 1.54) is 0 Å². The van der Waals surface area contributed by atoms with Crippen LogP contribution in [-0.4, -0.2) is 42.3 Å². The SMILES string of the molecule is COC(=O)CC[C@H](NC(=O)c1ccc(C2(C(F)(F)F)NN2)cc1)C(=O)O. The van der Waals surface area contributed by atoms with Crippen LogP contribution < -0.4 is 16.2 Å². The summed E-state index contributed by atoms with van der Waals surface area (Å²) in [7, 11) is 1.15. The van der Waals surface area contributed by atoms with Crippen LogP contribution in [0.25, 0.3) is 0 Å². The van der Waals surface area contributed by atoms with E-state index in [4.69, 9.17) is 5.11 Å². The van der Waals surface area contributed by atoms with Crippen molar-refractivity contribution in [1.29, 1.82) is 0 Å². The number of amides is 1. The summed E-state index contributed by atoms with van der Waals surface area (Å²) in [5.41, 5.74) is 1.58. The summed E-state index contributed by atoms with van der Waals surface area (Å²) < 4.78 is 43.3. The monoisotopic (exact) mass is 375 g/mol. The lowest BCUT2D eigenvalue weighted by molar-refractivity contribution is -0.165. The molecule has 142 valence electrons. The third-order valence-electron chi connectivity index (χ3n) is 3.85. The van der Waals surface area contributed by atoms with E-state index >= 15 is 0 Å². The van der Waals surface area contributed by atoms with Gasteiger partial charge in [-0.1, -0.05) is 12.1 Å². The number of halogens is 3. The first kappa shape index (κ1) is 19.7. The second kappa shape index (κ2) is 7.30. The van der Waals surface area contributed by atoms with E-state index in [2.05, 4.69) is 10.1 Å². The third kappa shape index (κ3) is 4.11. The van der Waals surface area contributed by atoms with Crippen LogP contribution in [-0.2, 0) is 20.0 Å². The lowest BCUT2D eigenvalue weighted by Crippen LogP contribution is -2.41. The Balaban J connectivity index is 2.05. The van der Waals surface area contributed by atoms with Crippen molar-refractivity contribution in [2.24, 2.45) is 0 Å². The predicted molar refractivity (Wildman–Crippen MR) is 80.6 cm³/mol. The van der Waals surface area contributed by atoms with Gasteiger partial charge in [-0.3, -0.25) is 9.59 Å². The van der Waals surface area contributed by atoms with Gasteiger partial charge in [-0.2, -0.15) is 13.2 Å². The Morgan fingerprint density at radius 3 is 2.23 bits per heavy atom. The van der Waals surface area contributed by atoms with Crippen LogP contribution in [0, 0.1) is 0 Å². The average molecular weight is 375 g/mol. The van der Waals surface area contributed by atoms with Gasteiger partial charge in [0.25, 0.3) is 5.91 Å². The number of carboxylic acid groups (broad SMARTS) is 1. The molecule has 0 aromatic heterocycles. The van der Waals surface area contributed by atoms with Crippen LogP contribution in [0.4, 0.5) is 13.2 Å². The van der Waals surface area contributed by atoms with Crippen LogP contribution in [0.2, 0.25) is 0 Å². The zero-order valence-corrected chi connectivity index (χ0v) is 13.5. The lowest BCUT2D eigenvalue weighted by Gasteiger charge is -2.17. The van der Waals surface area contributed by atoms with E-state index in [1.807, 2.05) is 10.9 Å². The van der Waals surface area contributed by atoms with Gasteiger partial charge < -0.3 is 15.2 Å². The minimum Gasteiger partial charge on any atom is -0.480 e. The van der Waals surface area contributed by atoms with Gasteiger partial charge in [0.1, 0.15) is 6.04 Å². The van der Waals surface area contributed by atoms with E-state index in [0.717, 1.165) is 31.4 Å². The first-order chi connectivity index (χ1) is 12.1. The van der Waals surface area contributed by atoms with Crippen molar-refractivity contribution in [2.45, 2.75) is 30.7 Å². The van der Waals surface area contributed by atoms with Crippen LogP contribution in [0.5, 0.6) is 0 Å². The van der Waals surface area contributed by atoms with E-state index in [9.17, 15) is 27.6 Å². The molecule has 1 atom stereocenters. The molecule has 1 aromatic carbocycles. The molecule has 0 saturated carbocycles. The van der Waals surface area contributed by atoms with Crippen molar-refractivity contribution in [3.8, 4) is 0 Å². The minimum atomic E-state index is -4.57. The van der Waals surface area contributed by atoms with E-state index < -0.39 is 35.7 Å². The van der Waals surface area contributed by atoms with Gasteiger partial charge in [-0.15, -0.1) is 0 Å². The highest BCUT2D eigenvalue weighted by atomic mass is 19.4. The van der Waals surface area contributed by atoms with Gasteiger partial charge in [0.15, 0.2) is 0 Å². The number of carbonyl (C=O) groups excluding carboxylic acids is 2. The Labute approximate surface area is 145 Å². The second-order valence-corrected chi connectivity index (χ2v) is 5.55. The molecule has 1 heterocycles. The number of benzene rings is 1. The number of ether oxygens (including phenoxy) is 1. The zero-order chi connectivity index (χ0) is 19.5. The number of methoxy groups -OCH3 is 1. The Bertz CT molecular complexity index is 701. The molecule has 11 heteroatoms. The van der Waals surface area contributed by atoms with E-state index in [0.29, 0.717) is 0 Å². The molecular formula is C15H16F3N3O5. The molecule has 1 aliphatic heterocycles. The highest BCUT2D eigenvalue weighted by Crippen LogP contribution is 2.41. The molecule has 1 aliphatic rings. The second-order valence-electron chi connectivity index (χ2n) is 5.55. The number of hydrogen-bond acceptors (Lipinski definition) is 6. The number of carboxylic acids is 1. The van der Waals surface area contributed by atoms with Crippen molar-refractivity contribution in [1.82, 2.24) is 16.2 Å². The number of rotatable bonds is 7. The van der Waals surface area contributed by atoms with Crippen molar-refractivity contribution in [2.75, 3.05) is 7.11 Å². The Kier molecular flexibility index (Phi) is 5.52. The van der Waals surface area contributed by atoms with Gasteiger partial charge in [-0.05, 0) is 24.1 Å². The summed E-state index contributed by atoms with van der Waals surface area (Å²) in [6.07, 6.45) is -4.96. The Morgan fingerprint density at radius 1 is 1.23 bits per heavy atom. The third-order valence-corrected chi connectivity index (χ3v) is 3.85. The quantitative estimate of drug-likeness (QED) is 0.406. The fourth-order valence-electron chi connectivity index (χ4n) is 2.25. The van der Waals surface area contributed by atoms with Gasteiger partial charge in [-0.25, -0.2) is 15.6 Å². The van der Waals surface area contributed by atoms with Crippen LogP contribution in [0.1, 0.15) is 28.8 Å². The first-order valence-electron chi connectivity index (χ1n) is 7.43. The fraction of sp³-hybridized carbons (Fsp3) is 0.400. The predicted octanol–water partition coefficient (Wildman–Crippen LogP) is 0.646. The van der Waals surface area contributed by atoms with E-state index in [-0.39, 0.29) is 24.0 Å². The molecule has 0 radical (unpaired) electrons. The normalized spacial score (nSPS) is 16.5. The van der Waals surface area contributed by atoms with Gasteiger partial charge >= 0.3 is 18.1 Å². The topological polar surface area (TPSA) is 137 Å². The van der Waals surface area contributed by atoms with Gasteiger partial charge in [0, 0.05) is 12.0 Å². The summed E-state index contributed by atoms with van der Waals surface area (Å²) in [6, 6.07) is 3.19. The van der Waals surface area contributed by atoms with Crippen molar-refractivity contribution in [3.05, 3.63) is 35.4 Å². The molecular weight excluding hydrogens is 359 g/mol. The number of alkyl halides is 3. The number of aliphatic carboxylic acids is 1. The van der Waals surface area contributed by atoms with Crippen LogP contribution in [0.15, 0.2) is 24.3 Å². The molecule has 0 aliphatic carbocycles. The summed E-state index contributed by atoms with van der Waals surface area (Å²) >= 11 is 0. The van der Waals surface area contributed by atoms with Crippen molar-refractivity contribution < 1.29 is 37.4 Å². The highest BCUT2D eigenvalue weighted by Gasteiger charge is 2.65. The summed E-state index contributed by atoms with van der Waals surface area (Å²) in [5.74, 6) is -2.76. The molecule has 0 unspecified atom stereocenters. The van der Waals surface area contributed by atoms with Crippen molar-refractivity contribution >= 4 is 17.8 Å². The maximum atomic E-state index is 13.0. The molecule has 8 nitrogen and oxygen atoms in total. The number of carbonyl (C=O) groups is 3. The number of hydrogen-bond donors (Lipinski definition) is 4. The number of esters is 1. The molecule has 1 aromatic rings. The van der Waals surface area contributed by atoms with Crippen molar-refractivity contribution in [3.63, 3.8) is 0 Å². The highest BCUT2D eigenvalue weighted by molar-refractivity contribution is 5.96. The molecule has 1 saturated heterocycles. The summed E-state index contributed by atoms with van der Waals surface area (Å²) in [6.45, 7) is 0. The minimum absolute atomic E-state index is 0.0176. The molecule has 0 bridgehead atoms. The van der Waals surface area contributed by atoms with Gasteiger partial charge in [0.2, 0.25) is 5.66 Å². The maximum Gasteiger partial charge on any atom is 0.426 e. The molecule has 1 fully saturated rings. The van der Waals surface area contributed by atoms with Crippen LogP contribution in [0.3, 0.4) is 0 Å². The smallest absolute Gasteiger partial charge is 0.426 e. The Morgan fingerprint density at radius 2 is 1.81 bits per heavy atom. The fourth-order valence-corrected chi connectivity index (χ4v) is 2.25.